The van der Waals surface area contributed by atoms with Gasteiger partial charge in [0, 0.05) is 51.7 Å². The molecule has 3 heterocycles. The Bertz CT molecular complexity index is 1030. The predicted octanol–water partition coefficient (Wildman–Crippen LogP) is 2.69. The van der Waals surface area contributed by atoms with Crippen LogP contribution in [-0.4, -0.2) is 58.5 Å². The number of piperazine rings is 1. The van der Waals surface area contributed by atoms with Crippen molar-refractivity contribution in [1.29, 1.82) is 5.41 Å². The zero-order valence-corrected chi connectivity index (χ0v) is 16.2. The number of alkyl halides is 3. The molecule has 1 fully saturated rings. The van der Waals surface area contributed by atoms with Crippen molar-refractivity contribution < 1.29 is 17.9 Å². The standard InChI is InChI=1S/C18H19F3N6OS/c19-18(20,21)28-13-2-3-14-15(12-13)29-16(22)27(14)11-8-25-6-9-26(10-7-25)17-23-4-1-5-24-17/h1-5,12,22H,6-11H2. The SMILES string of the molecule is N=c1sc2cc(OC(F)(F)F)ccc2n1CCN1CCN(c2ncccn2)CC1. The largest absolute Gasteiger partial charge is 0.573 e. The quantitative estimate of drug-likeness (QED) is 0.682. The number of anilines is 1. The van der Waals surface area contributed by atoms with Crippen molar-refractivity contribution in [2.24, 2.45) is 0 Å². The summed E-state index contributed by atoms with van der Waals surface area (Å²) in [5, 5.41) is 8.19. The number of aromatic nitrogens is 3. The Hall–Kier alpha value is -2.66. The number of benzene rings is 1. The second-order valence-corrected chi connectivity index (χ2v) is 7.64. The molecule has 154 valence electrons. The second-order valence-electron chi connectivity index (χ2n) is 6.61. The van der Waals surface area contributed by atoms with Crippen LogP contribution < -0.4 is 14.4 Å². The number of rotatable bonds is 5. The van der Waals surface area contributed by atoms with E-state index in [4.69, 9.17) is 5.41 Å². The molecule has 0 atom stereocenters. The van der Waals surface area contributed by atoms with E-state index in [1.807, 2.05) is 4.57 Å². The zero-order chi connectivity index (χ0) is 20.4. The fraction of sp³-hybridized carbons (Fsp3) is 0.389. The maximum absolute atomic E-state index is 12.4. The van der Waals surface area contributed by atoms with Gasteiger partial charge < -0.3 is 14.2 Å². The first-order chi connectivity index (χ1) is 13.9. The van der Waals surface area contributed by atoms with Crippen LogP contribution in [0.2, 0.25) is 0 Å². The van der Waals surface area contributed by atoms with Gasteiger partial charge in [-0.3, -0.25) is 10.3 Å². The van der Waals surface area contributed by atoms with Crippen LogP contribution in [0.25, 0.3) is 10.2 Å². The third-order valence-corrected chi connectivity index (χ3v) is 5.72. The van der Waals surface area contributed by atoms with Gasteiger partial charge in [0.25, 0.3) is 0 Å². The molecule has 1 aromatic carbocycles. The highest BCUT2D eigenvalue weighted by Crippen LogP contribution is 2.27. The molecule has 0 bridgehead atoms. The fourth-order valence-electron chi connectivity index (χ4n) is 3.35. The molecule has 1 N–H and O–H groups in total. The van der Waals surface area contributed by atoms with Crippen LogP contribution in [0.4, 0.5) is 19.1 Å². The first-order valence-corrected chi connectivity index (χ1v) is 9.89. The molecular weight excluding hydrogens is 405 g/mol. The minimum Gasteiger partial charge on any atom is -0.406 e. The molecule has 0 spiro atoms. The van der Waals surface area contributed by atoms with Crippen LogP contribution in [0.3, 0.4) is 0 Å². The number of hydrogen-bond acceptors (Lipinski definition) is 7. The van der Waals surface area contributed by atoms with E-state index < -0.39 is 6.36 Å². The van der Waals surface area contributed by atoms with E-state index >= 15 is 0 Å². The third-order valence-electron chi connectivity index (χ3n) is 4.75. The molecule has 0 unspecified atom stereocenters. The Morgan fingerprint density at radius 2 is 1.79 bits per heavy atom. The summed E-state index contributed by atoms with van der Waals surface area (Å²) in [6.07, 6.45) is -1.26. The van der Waals surface area contributed by atoms with E-state index in [9.17, 15) is 13.2 Å². The fourth-order valence-corrected chi connectivity index (χ4v) is 4.32. The lowest BCUT2D eigenvalue weighted by Crippen LogP contribution is -2.48. The van der Waals surface area contributed by atoms with Crippen molar-refractivity contribution in [3.63, 3.8) is 0 Å². The second kappa shape index (κ2) is 7.99. The van der Waals surface area contributed by atoms with Crippen LogP contribution >= 0.6 is 11.3 Å². The zero-order valence-electron chi connectivity index (χ0n) is 15.4. The minimum atomic E-state index is -4.72. The Morgan fingerprint density at radius 3 is 2.48 bits per heavy atom. The number of thiazole rings is 1. The van der Waals surface area contributed by atoms with Crippen molar-refractivity contribution in [2.45, 2.75) is 12.9 Å². The van der Waals surface area contributed by atoms with Gasteiger partial charge in [-0.05, 0) is 24.3 Å². The van der Waals surface area contributed by atoms with Crippen LogP contribution in [0, 0.1) is 5.41 Å². The first kappa shape index (κ1) is 19.6. The summed E-state index contributed by atoms with van der Waals surface area (Å²) in [5.41, 5.74) is 0.742. The van der Waals surface area contributed by atoms with Gasteiger partial charge in [-0.1, -0.05) is 11.3 Å². The molecule has 2 aromatic heterocycles. The van der Waals surface area contributed by atoms with Gasteiger partial charge in [-0.2, -0.15) is 0 Å². The summed E-state index contributed by atoms with van der Waals surface area (Å²) in [4.78, 5) is 13.3. The van der Waals surface area contributed by atoms with Crippen LogP contribution in [-0.2, 0) is 6.54 Å². The molecule has 1 aliphatic rings. The Kier molecular flexibility index (Phi) is 5.41. The lowest BCUT2D eigenvalue weighted by molar-refractivity contribution is -0.274. The molecule has 1 saturated heterocycles. The van der Waals surface area contributed by atoms with Crippen molar-refractivity contribution in [3.05, 3.63) is 41.5 Å². The lowest BCUT2D eigenvalue weighted by Gasteiger charge is -2.34. The number of nitrogens with one attached hydrogen (secondary N) is 1. The van der Waals surface area contributed by atoms with Gasteiger partial charge in [0.1, 0.15) is 5.75 Å². The summed E-state index contributed by atoms with van der Waals surface area (Å²) >= 11 is 1.14. The molecule has 7 nitrogen and oxygen atoms in total. The summed E-state index contributed by atoms with van der Waals surface area (Å²) in [7, 11) is 0. The van der Waals surface area contributed by atoms with Crippen LogP contribution in [0.5, 0.6) is 5.75 Å². The monoisotopic (exact) mass is 424 g/mol. The van der Waals surface area contributed by atoms with Gasteiger partial charge >= 0.3 is 6.36 Å². The summed E-state index contributed by atoms with van der Waals surface area (Å²) in [6.45, 7) is 4.72. The minimum absolute atomic E-state index is 0.266. The van der Waals surface area contributed by atoms with Crippen molar-refractivity contribution in [1.82, 2.24) is 19.4 Å². The highest BCUT2D eigenvalue weighted by molar-refractivity contribution is 7.16. The van der Waals surface area contributed by atoms with E-state index in [1.54, 1.807) is 24.5 Å². The van der Waals surface area contributed by atoms with Gasteiger partial charge in [0.15, 0.2) is 4.80 Å². The van der Waals surface area contributed by atoms with Crippen molar-refractivity contribution in [2.75, 3.05) is 37.6 Å². The molecule has 0 saturated carbocycles. The first-order valence-electron chi connectivity index (χ1n) is 9.07. The topological polar surface area (TPSA) is 70.3 Å². The third kappa shape index (κ3) is 4.67. The van der Waals surface area contributed by atoms with E-state index in [2.05, 4.69) is 24.5 Å². The molecule has 11 heteroatoms. The van der Waals surface area contributed by atoms with Crippen molar-refractivity contribution >= 4 is 27.5 Å². The molecule has 3 aromatic rings. The normalized spacial score (nSPS) is 15.8. The number of hydrogen-bond donors (Lipinski definition) is 1. The average molecular weight is 424 g/mol. The molecule has 0 amide bonds. The maximum atomic E-state index is 12.4. The van der Waals surface area contributed by atoms with Gasteiger partial charge in [0.2, 0.25) is 5.95 Å². The predicted molar refractivity (Wildman–Crippen MR) is 103 cm³/mol. The summed E-state index contributed by atoms with van der Waals surface area (Å²) < 4.78 is 43.6. The molecule has 4 rings (SSSR count). The molecule has 1 aliphatic heterocycles. The number of fused-ring (bicyclic) bond motifs is 1. The van der Waals surface area contributed by atoms with Crippen LogP contribution in [0.15, 0.2) is 36.7 Å². The average Bonchev–Trinajstić information content (AvgIpc) is 3.00. The molecule has 29 heavy (non-hydrogen) atoms. The van der Waals surface area contributed by atoms with Gasteiger partial charge in [0.05, 0.1) is 10.2 Å². The highest BCUT2D eigenvalue weighted by Gasteiger charge is 2.31. The Labute approximate surface area is 168 Å². The van der Waals surface area contributed by atoms with E-state index in [1.165, 1.54) is 12.1 Å². The van der Waals surface area contributed by atoms with Crippen molar-refractivity contribution in [3.8, 4) is 5.75 Å². The molecule has 0 radical (unpaired) electrons. The molecule has 0 aliphatic carbocycles. The number of nitrogens with zero attached hydrogens (tertiary/aromatic N) is 5. The Morgan fingerprint density at radius 1 is 1.07 bits per heavy atom. The number of halogens is 3. The van der Waals surface area contributed by atoms with E-state index in [-0.39, 0.29) is 5.75 Å². The highest BCUT2D eigenvalue weighted by atomic mass is 32.1. The van der Waals surface area contributed by atoms with Gasteiger partial charge in [-0.15, -0.1) is 13.2 Å². The van der Waals surface area contributed by atoms with E-state index in [0.717, 1.165) is 55.5 Å². The maximum Gasteiger partial charge on any atom is 0.573 e. The smallest absolute Gasteiger partial charge is 0.406 e. The van der Waals surface area contributed by atoms with Crippen LogP contribution in [0.1, 0.15) is 0 Å². The number of ether oxygens (including phenoxy) is 1. The lowest BCUT2D eigenvalue weighted by atomic mass is 10.3. The summed E-state index contributed by atoms with van der Waals surface area (Å²) in [6, 6.07) is 5.99. The van der Waals surface area contributed by atoms with E-state index in [0.29, 0.717) is 16.0 Å². The molecular formula is C18H19F3N6OS. The summed E-state index contributed by atoms with van der Waals surface area (Å²) in [5.74, 6) is 0.466. The van der Waals surface area contributed by atoms with Gasteiger partial charge in [-0.25, -0.2) is 9.97 Å². The Balaban J connectivity index is 1.39.